The second-order valence-corrected chi connectivity index (χ2v) is 3.40. The summed E-state index contributed by atoms with van der Waals surface area (Å²) < 4.78 is 24.7. The van der Waals surface area contributed by atoms with E-state index >= 15 is 0 Å². The zero-order chi connectivity index (χ0) is 10.2. The fraction of sp³-hybridized carbons (Fsp3) is 0.900. The molecule has 0 aromatic rings. The average Bonchev–Trinajstić information content (AvgIpc) is 2.11. The summed E-state index contributed by atoms with van der Waals surface area (Å²) in [6.07, 6.45) is 5.17. The van der Waals surface area contributed by atoms with Crippen molar-refractivity contribution >= 4 is 6.29 Å². The van der Waals surface area contributed by atoms with Gasteiger partial charge >= 0.3 is 5.92 Å². The zero-order valence-corrected chi connectivity index (χ0v) is 8.19. The van der Waals surface area contributed by atoms with Crippen molar-refractivity contribution < 1.29 is 13.6 Å². The lowest BCUT2D eigenvalue weighted by atomic mass is 10.1. The van der Waals surface area contributed by atoms with Gasteiger partial charge in [0.2, 0.25) is 0 Å². The van der Waals surface area contributed by atoms with Crippen molar-refractivity contribution in [3.05, 3.63) is 0 Å². The number of unbranched alkanes of at least 4 members (excludes halogenated alkanes) is 5. The normalized spacial score (nSPS) is 11.6. The van der Waals surface area contributed by atoms with Crippen LogP contribution in [0, 0.1) is 0 Å². The Morgan fingerprint density at radius 1 is 1.08 bits per heavy atom. The molecule has 0 aromatic heterocycles. The van der Waals surface area contributed by atoms with Crippen LogP contribution in [0.25, 0.3) is 0 Å². The van der Waals surface area contributed by atoms with Gasteiger partial charge in [-0.1, -0.05) is 39.0 Å². The van der Waals surface area contributed by atoms with Gasteiger partial charge in [0.1, 0.15) is 0 Å². The van der Waals surface area contributed by atoms with Gasteiger partial charge in [-0.25, -0.2) is 0 Å². The minimum absolute atomic E-state index is 0.251. The van der Waals surface area contributed by atoms with Crippen LogP contribution in [0.15, 0.2) is 0 Å². The van der Waals surface area contributed by atoms with Gasteiger partial charge in [0.15, 0.2) is 6.29 Å². The van der Waals surface area contributed by atoms with Crippen LogP contribution < -0.4 is 0 Å². The average molecular weight is 192 g/mol. The molecule has 0 rings (SSSR count). The van der Waals surface area contributed by atoms with E-state index in [2.05, 4.69) is 6.92 Å². The summed E-state index contributed by atoms with van der Waals surface area (Å²) in [6.45, 7) is 2.11. The molecular formula is C10H18F2O. The molecule has 0 aliphatic rings. The summed E-state index contributed by atoms with van der Waals surface area (Å²) in [6, 6.07) is 0. The Balaban J connectivity index is 3.20. The minimum atomic E-state index is -3.09. The van der Waals surface area contributed by atoms with Crippen LogP contribution in [0.5, 0.6) is 0 Å². The van der Waals surface area contributed by atoms with Crippen molar-refractivity contribution in [2.75, 3.05) is 0 Å². The zero-order valence-electron chi connectivity index (χ0n) is 8.19. The molecule has 13 heavy (non-hydrogen) atoms. The Bertz CT molecular complexity index is 135. The number of aldehydes is 1. The molecule has 0 aromatic carbocycles. The van der Waals surface area contributed by atoms with Gasteiger partial charge < -0.3 is 0 Å². The molecule has 0 unspecified atom stereocenters. The van der Waals surface area contributed by atoms with Gasteiger partial charge in [-0.05, 0) is 6.42 Å². The highest BCUT2D eigenvalue weighted by molar-refractivity contribution is 5.59. The van der Waals surface area contributed by atoms with E-state index in [0.717, 1.165) is 25.7 Å². The Morgan fingerprint density at radius 3 is 2.15 bits per heavy atom. The van der Waals surface area contributed by atoms with E-state index in [1.54, 1.807) is 0 Å². The van der Waals surface area contributed by atoms with Crippen LogP contribution in [0.4, 0.5) is 8.78 Å². The number of halogens is 2. The third-order valence-electron chi connectivity index (χ3n) is 2.04. The maximum absolute atomic E-state index is 12.4. The first-order valence-electron chi connectivity index (χ1n) is 4.96. The molecule has 0 heterocycles. The first-order valence-corrected chi connectivity index (χ1v) is 4.96. The molecule has 1 nitrogen and oxygen atoms in total. The van der Waals surface area contributed by atoms with E-state index in [4.69, 9.17) is 0 Å². The van der Waals surface area contributed by atoms with E-state index in [-0.39, 0.29) is 12.7 Å². The largest absolute Gasteiger partial charge is 0.302 e. The molecule has 0 bridgehead atoms. The van der Waals surface area contributed by atoms with E-state index in [1.165, 1.54) is 6.42 Å². The third kappa shape index (κ3) is 7.88. The van der Waals surface area contributed by atoms with E-state index < -0.39 is 5.92 Å². The van der Waals surface area contributed by atoms with Crippen LogP contribution in [0.1, 0.15) is 51.9 Å². The molecule has 0 aliphatic carbocycles. The monoisotopic (exact) mass is 192 g/mol. The second-order valence-electron chi connectivity index (χ2n) is 3.40. The van der Waals surface area contributed by atoms with E-state index in [1.807, 2.05) is 0 Å². The van der Waals surface area contributed by atoms with Crippen LogP contribution in [0.2, 0.25) is 0 Å². The van der Waals surface area contributed by atoms with Crippen LogP contribution in [-0.2, 0) is 4.79 Å². The molecule has 0 N–H and O–H groups in total. The lowest BCUT2D eigenvalue weighted by Crippen LogP contribution is -2.16. The fourth-order valence-electron chi connectivity index (χ4n) is 1.20. The van der Waals surface area contributed by atoms with Crippen LogP contribution in [0.3, 0.4) is 0 Å². The summed E-state index contributed by atoms with van der Waals surface area (Å²) >= 11 is 0. The molecule has 0 atom stereocenters. The molecule has 78 valence electrons. The van der Waals surface area contributed by atoms with Gasteiger partial charge in [0.25, 0.3) is 0 Å². The first-order chi connectivity index (χ1) is 6.12. The maximum atomic E-state index is 12.4. The van der Waals surface area contributed by atoms with Crippen LogP contribution in [-0.4, -0.2) is 12.2 Å². The lowest BCUT2D eigenvalue weighted by Gasteiger charge is -2.07. The maximum Gasteiger partial charge on any atom is 0.302 e. The number of rotatable bonds is 8. The summed E-state index contributed by atoms with van der Waals surface area (Å²) in [5.74, 6) is -3.09. The van der Waals surface area contributed by atoms with Gasteiger partial charge in [0, 0.05) is 6.42 Å². The number of carbonyl (C=O) groups excluding carboxylic acids is 1. The van der Waals surface area contributed by atoms with Gasteiger partial charge in [-0.15, -0.1) is 0 Å². The van der Waals surface area contributed by atoms with Gasteiger partial charge in [0.05, 0.1) is 0 Å². The fourth-order valence-corrected chi connectivity index (χ4v) is 1.20. The summed E-state index contributed by atoms with van der Waals surface area (Å²) in [5, 5.41) is 0. The lowest BCUT2D eigenvalue weighted by molar-refractivity contribution is -0.130. The summed E-state index contributed by atoms with van der Waals surface area (Å²) in [5.41, 5.74) is 0. The van der Waals surface area contributed by atoms with Crippen molar-refractivity contribution in [3.8, 4) is 0 Å². The number of carbonyl (C=O) groups is 1. The van der Waals surface area contributed by atoms with Crippen molar-refractivity contribution in [3.63, 3.8) is 0 Å². The molecule has 0 fully saturated rings. The smallest absolute Gasteiger partial charge is 0.297 e. The third-order valence-corrected chi connectivity index (χ3v) is 2.04. The molecule has 3 heteroatoms. The Kier molecular flexibility index (Phi) is 6.73. The minimum Gasteiger partial charge on any atom is -0.297 e. The van der Waals surface area contributed by atoms with Crippen molar-refractivity contribution in [1.82, 2.24) is 0 Å². The Hall–Kier alpha value is -0.470. The highest BCUT2D eigenvalue weighted by Crippen LogP contribution is 2.19. The number of alkyl halides is 2. The molecule has 0 aliphatic heterocycles. The molecule has 0 spiro atoms. The Labute approximate surface area is 78.5 Å². The summed E-state index contributed by atoms with van der Waals surface area (Å²) in [4.78, 5) is 9.84. The van der Waals surface area contributed by atoms with Crippen molar-refractivity contribution in [2.45, 2.75) is 57.8 Å². The van der Waals surface area contributed by atoms with Crippen LogP contribution >= 0.6 is 0 Å². The quantitative estimate of drug-likeness (QED) is 0.424. The predicted octanol–water partition coefficient (Wildman–Crippen LogP) is 3.57. The standard InChI is InChI=1S/C10H18F2O/c1-2-3-4-5-6-7-8-10(11,12)9-13/h9H,2-8H2,1H3. The molecule has 0 amide bonds. The predicted molar refractivity (Wildman–Crippen MR) is 49.0 cm³/mol. The van der Waals surface area contributed by atoms with Crippen molar-refractivity contribution in [2.24, 2.45) is 0 Å². The van der Waals surface area contributed by atoms with Gasteiger partial charge in [-0.2, -0.15) is 8.78 Å². The molecule has 0 radical (unpaired) electrons. The van der Waals surface area contributed by atoms with Gasteiger partial charge in [-0.3, -0.25) is 4.79 Å². The number of hydrogen-bond donors (Lipinski definition) is 0. The highest BCUT2D eigenvalue weighted by Gasteiger charge is 2.26. The molecule has 0 saturated heterocycles. The first kappa shape index (κ1) is 12.5. The molecular weight excluding hydrogens is 174 g/mol. The number of hydrogen-bond acceptors (Lipinski definition) is 1. The molecule has 0 saturated carbocycles. The Morgan fingerprint density at radius 2 is 1.62 bits per heavy atom. The SMILES string of the molecule is CCCCCCCCC(F)(F)C=O. The van der Waals surface area contributed by atoms with E-state index in [0.29, 0.717) is 6.42 Å². The van der Waals surface area contributed by atoms with E-state index in [9.17, 15) is 13.6 Å². The second kappa shape index (κ2) is 6.98. The topological polar surface area (TPSA) is 17.1 Å². The highest BCUT2D eigenvalue weighted by atomic mass is 19.3. The summed E-state index contributed by atoms with van der Waals surface area (Å²) in [7, 11) is 0. The van der Waals surface area contributed by atoms with Crippen molar-refractivity contribution in [1.29, 1.82) is 0 Å².